The highest BCUT2D eigenvalue weighted by Crippen LogP contribution is 2.29. The summed E-state index contributed by atoms with van der Waals surface area (Å²) in [7, 11) is 0. The lowest BCUT2D eigenvalue weighted by Gasteiger charge is -2.40. The smallest absolute Gasteiger partial charge is 0.407 e. The van der Waals surface area contributed by atoms with E-state index in [-0.39, 0.29) is 24.3 Å². The molecule has 2 saturated carbocycles. The highest BCUT2D eigenvalue weighted by atomic mass is 16.6. The van der Waals surface area contributed by atoms with Crippen LogP contribution < -0.4 is 10.6 Å². The Labute approximate surface area is 293 Å². The third kappa shape index (κ3) is 15.9. The molecule has 0 aromatic rings. The van der Waals surface area contributed by atoms with E-state index in [0.29, 0.717) is 24.3 Å². The van der Waals surface area contributed by atoms with Crippen LogP contribution in [0.3, 0.4) is 0 Å². The van der Waals surface area contributed by atoms with Gasteiger partial charge in [-0.2, -0.15) is 0 Å². The van der Waals surface area contributed by atoms with Gasteiger partial charge in [0.25, 0.3) is 0 Å². The van der Waals surface area contributed by atoms with Gasteiger partial charge in [-0.25, -0.2) is 9.59 Å². The molecule has 10 heteroatoms. The number of carbonyl (C=O) groups is 2. The Morgan fingerprint density at radius 3 is 1.12 bits per heavy atom. The second-order valence-corrected chi connectivity index (χ2v) is 16.5. The zero-order chi connectivity index (χ0) is 35.2. The van der Waals surface area contributed by atoms with Crippen LogP contribution in [0.5, 0.6) is 0 Å². The summed E-state index contributed by atoms with van der Waals surface area (Å²) in [6, 6.07) is 1.91. The maximum atomic E-state index is 11.9. The van der Waals surface area contributed by atoms with Crippen LogP contribution in [0.4, 0.5) is 9.59 Å². The lowest BCUT2D eigenvalue weighted by atomic mass is 9.90. The average molecular weight is 681 g/mol. The molecule has 0 unspecified atom stereocenters. The third-order valence-corrected chi connectivity index (χ3v) is 9.94. The van der Waals surface area contributed by atoms with Crippen LogP contribution in [0.15, 0.2) is 0 Å². The van der Waals surface area contributed by atoms with Crippen molar-refractivity contribution in [1.82, 2.24) is 20.4 Å². The Kier molecular flexibility index (Phi) is 17.2. The Hall–Kier alpha value is -1.62. The van der Waals surface area contributed by atoms with E-state index in [9.17, 15) is 9.59 Å². The van der Waals surface area contributed by atoms with E-state index in [1.807, 2.05) is 41.5 Å². The van der Waals surface area contributed by atoms with Gasteiger partial charge in [0.1, 0.15) is 11.2 Å². The Bertz CT molecular complexity index is 831. The van der Waals surface area contributed by atoms with E-state index in [1.165, 1.54) is 51.4 Å². The average Bonchev–Trinajstić information content (AvgIpc) is 3.02. The molecule has 2 N–H and O–H groups in total. The minimum Gasteiger partial charge on any atom is -0.444 e. The molecule has 2 heterocycles. The molecule has 0 aromatic heterocycles. The minimum absolute atomic E-state index is 0.250. The summed E-state index contributed by atoms with van der Waals surface area (Å²) in [6.07, 6.45) is 16.5. The Balaban J connectivity index is 0.000000260. The van der Waals surface area contributed by atoms with Crippen LogP contribution in [0.1, 0.15) is 145 Å². The standard InChI is InChI=1S/2C19H36N2O3/c2*1-5-14-23-17-8-6-16(7-9-17)21-12-10-15(11-13-21)20-18(22)24-19(2,3)4/h2*15-17H,5-14H2,1-4H3,(H,20,22). The molecule has 2 amide bonds. The fourth-order valence-corrected chi connectivity index (χ4v) is 7.49. The monoisotopic (exact) mass is 681 g/mol. The number of amides is 2. The number of carbonyl (C=O) groups excluding carboxylic acids is 2. The minimum atomic E-state index is -0.427. The van der Waals surface area contributed by atoms with Crippen LogP contribution in [0, 0.1) is 0 Å². The van der Waals surface area contributed by atoms with E-state index < -0.39 is 11.2 Å². The van der Waals surface area contributed by atoms with Crippen molar-refractivity contribution in [2.45, 2.75) is 193 Å². The van der Waals surface area contributed by atoms with Crippen molar-refractivity contribution in [2.24, 2.45) is 0 Å². The lowest BCUT2D eigenvalue weighted by Crippen LogP contribution is -2.49. The number of nitrogens with zero attached hydrogens (tertiary/aromatic N) is 2. The molecule has 4 rings (SSSR count). The van der Waals surface area contributed by atoms with Crippen LogP contribution in [-0.2, 0) is 18.9 Å². The molecule has 4 aliphatic rings. The van der Waals surface area contributed by atoms with E-state index in [0.717, 1.165) is 77.9 Å². The molecule has 2 aliphatic carbocycles. The molecular formula is C38H72N4O6. The van der Waals surface area contributed by atoms with Crippen molar-refractivity contribution in [3.63, 3.8) is 0 Å². The number of likely N-dealkylation sites (tertiary alicyclic amines) is 2. The largest absolute Gasteiger partial charge is 0.444 e. The summed E-state index contributed by atoms with van der Waals surface area (Å²) in [5.74, 6) is 0. The van der Waals surface area contributed by atoms with Crippen molar-refractivity contribution in [3.05, 3.63) is 0 Å². The summed E-state index contributed by atoms with van der Waals surface area (Å²) in [4.78, 5) is 29.0. The predicted molar refractivity (Wildman–Crippen MR) is 193 cm³/mol. The van der Waals surface area contributed by atoms with Crippen molar-refractivity contribution in [1.29, 1.82) is 0 Å². The molecule has 2 saturated heterocycles. The highest BCUT2D eigenvalue weighted by molar-refractivity contribution is 5.68. The third-order valence-electron chi connectivity index (χ3n) is 9.94. The summed E-state index contributed by atoms with van der Waals surface area (Å²) >= 11 is 0. The Morgan fingerprint density at radius 2 is 0.854 bits per heavy atom. The number of hydrogen-bond donors (Lipinski definition) is 2. The van der Waals surface area contributed by atoms with Gasteiger partial charge in [-0.05, 0) is 131 Å². The number of ether oxygens (including phenoxy) is 4. The van der Waals surface area contributed by atoms with Gasteiger partial charge in [0.2, 0.25) is 0 Å². The van der Waals surface area contributed by atoms with Gasteiger partial charge in [0.05, 0.1) is 12.2 Å². The second-order valence-electron chi connectivity index (χ2n) is 16.5. The van der Waals surface area contributed by atoms with E-state index in [2.05, 4.69) is 34.3 Å². The zero-order valence-electron chi connectivity index (χ0n) is 32.0. The fraction of sp³-hybridized carbons (Fsp3) is 0.947. The van der Waals surface area contributed by atoms with Crippen LogP contribution in [-0.4, -0.2) is 109 Å². The van der Waals surface area contributed by atoms with E-state index in [1.54, 1.807) is 0 Å². The first-order valence-corrected chi connectivity index (χ1v) is 19.4. The molecular weight excluding hydrogens is 608 g/mol. The Morgan fingerprint density at radius 1 is 0.542 bits per heavy atom. The number of hydrogen-bond acceptors (Lipinski definition) is 8. The number of piperidine rings is 2. The predicted octanol–water partition coefficient (Wildman–Crippen LogP) is 7.43. The molecule has 0 bridgehead atoms. The van der Waals surface area contributed by atoms with Gasteiger partial charge in [-0.1, -0.05) is 13.8 Å². The molecule has 0 radical (unpaired) electrons. The summed E-state index contributed by atoms with van der Waals surface area (Å²) in [5, 5.41) is 6.04. The maximum absolute atomic E-state index is 11.9. The fourth-order valence-electron chi connectivity index (χ4n) is 7.49. The maximum Gasteiger partial charge on any atom is 0.407 e. The van der Waals surface area contributed by atoms with Gasteiger partial charge in [0, 0.05) is 63.6 Å². The molecule has 10 nitrogen and oxygen atoms in total. The highest BCUT2D eigenvalue weighted by Gasteiger charge is 2.32. The molecule has 0 aromatic carbocycles. The number of rotatable bonds is 10. The summed E-state index contributed by atoms with van der Waals surface area (Å²) in [5.41, 5.74) is -0.855. The van der Waals surface area contributed by atoms with Crippen LogP contribution >= 0.6 is 0 Å². The summed E-state index contributed by atoms with van der Waals surface area (Å²) < 4.78 is 22.5. The second kappa shape index (κ2) is 20.3. The summed E-state index contributed by atoms with van der Waals surface area (Å²) in [6.45, 7) is 21.8. The van der Waals surface area contributed by atoms with Gasteiger partial charge in [-0.15, -0.1) is 0 Å². The normalized spacial score (nSPS) is 27.0. The first-order chi connectivity index (χ1) is 22.7. The molecule has 280 valence electrons. The topological polar surface area (TPSA) is 102 Å². The van der Waals surface area contributed by atoms with Crippen molar-refractivity contribution >= 4 is 12.2 Å². The molecule has 0 atom stereocenters. The lowest BCUT2D eigenvalue weighted by molar-refractivity contribution is 0.00261. The quantitative estimate of drug-likeness (QED) is 0.246. The van der Waals surface area contributed by atoms with E-state index >= 15 is 0 Å². The van der Waals surface area contributed by atoms with Crippen LogP contribution in [0.2, 0.25) is 0 Å². The van der Waals surface area contributed by atoms with Gasteiger partial charge < -0.3 is 39.4 Å². The number of alkyl carbamates (subject to hydrolysis) is 2. The van der Waals surface area contributed by atoms with Crippen LogP contribution in [0.25, 0.3) is 0 Å². The van der Waals surface area contributed by atoms with Crippen molar-refractivity contribution in [3.8, 4) is 0 Å². The molecule has 4 fully saturated rings. The zero-order valence-corrected chi connectivity index (χ0v) is 32.0. The first kappa shape index (κ1) is 40.8. The van der Waals surface area contributed by atoms with Gasteiger partial charge in [0.15, 0.2) is 0 Å². The van der Waals surface area contributed by atoms with Gasteiger partial charge >= 0.3 is 12.2 Å². The van der Waals surface area contributed by atoms with E-state index in [4.69, 9.17) is 18.9 Å². The van der Waals surface area contributed by atoms with Crippen molar-refractivity contribution in [2.75, 3.05) is 39.4 Å². The van der Waals surface area contributed by atoms with Crippen molar-refractivity contribution < 1.29 is 28.5 Å². The number of nitrogens with one attached hydrogen (secondary N) is 2. The first-order valence-electron chi connectivity index (χ1n) is 19.4. The molecule has 0 spiro atoms. The molecule has 48 heavy (non-hydrogen) atoms. The SMILES string of the molecule is CCCOC1CCC(N2CCC(NC(=O)OC(C)(C)C)CC2)CC1.CCCOC1CCC(N2CCC(NC(=O)OC(C)(C)C)CC2)CC1. The molecule has 2 aliphatic heterocycles. The van der Waals surface area contributed by atoms with Gasteiger partial charge in [-0.3, -0.25) is 0 Å².